The van der Waals surface area contributed by atoms with Crippen molar-refractivity contribution < 1.29 is 22.7 Å². The largest absolute Gasteiger partial charge is 0.456 e. The highest BCUT2D eigenvalue weighted by molar-refractivity contribution is 6.32. The van der Waals surface area contributed by atoms with Gasteiger partial charge >= 0.3 is 6.18 Å². The maximum atomic E-state index is 13.0. The predicted molar refractivity (Wildman–Crippen MR) is 105 cm³/mol. The molecule has 0 bridgehead atoms. The molecule has 0 spiro atoms. The molecule has 152 valence electrons. The number of carbonyl (C=O) groups excluding carboxylic acids is 1. The number of hydrogen-bond donors (Lipinski definition) is 2. The standard InChI is InChI=1S/C20H12ClF3N4O2/c21-15-9-17-16(8-14(15)20(22,23)24)27-18(28-17)19(29)26-11-3-1-4-12(7-11)30-13-5-2-6-25-10-13/h1-10H,(H,26,29)(H,27,28). The van der Waals surface area contributed by atoms with Crippen molar-refractivity contribution in [3.05, 3.63) is 77.3 Å². The number of carbonyl (C=O) groups is 1. The molecule has 0 radical (unpaired) electrons. The Labute approximate surface area is 172 Å². The van der Waals surface area contributed by atoms with Crippen LogP contribution < -0.4 is 10.1 Å². The number of halogens is 4. The summed E-state index contributed by atoms with van der Waals surface area (Å²) in [5, 5.41) is 2.13. The third-order valence-electron chi connectivity index (χ3n) is 4.05. The van der Waals surface area contributed by atoms with Gasteiger partial charge in [0.05, 0.1) is 27.8 Å². The summed E-state index contributed by atoms with van der Waals surface area (Å²) in [6, 6.07) is 11.9. The summed E-state index contributed by atoms with van der Waals surface area (Å²) in [7, 11) is 0. The number of nitrogens with zero attached hydrogens (tertiary/aromatic N) is 2. The number of ether oxygens (including phenoxy) is 1. The summed E-state index contributed by atoms with van der Waals surface area (Å²) in [4.78, 5) is 23.1. The van der Waals surface area contributed by atoms with Crippen LogP contribution in [0.15, 0.2) is 60.9 Å². The maximum Gasteiger partial charge on any atom is 0.417 e. The van der Waals surface area contributed by atoms with Gasteiger partial charge in [0.2, 0.25) is 0 Å². The highest BCUT2D eigenvalue weighted by Gasteiger charge is 2.34. The number of hydrogen-bond acceptors (Lipinski definition) is 4. The van der Waals surface area contributed by atoms with Crippen LogP contribution in [0.5, 0.6) is 11.5 Å². The molecule has 2 heterocycles. The SMILES string of the molecule is O=C(Nc1cccc(Oc2cccnc2)c1)c1nc2cc(Cl)c(C(F)(F)F)cc2[nH]1. The Hall–Kier alpha value is -3.59. The second-order valence-electron chi connectivity index (χ2n) is 6.21. The van der Waals surface area contributed by atoms with Gasteiger partial charge < -0.3 is 15.0 Å². The van der Waals surface area contributed by atoms with Gasteiger partial charge in [-0.3, -0.25) is 9.78 Å². The summed E-state index contributed by atoms with van der Waals surface area (Å²) in [6.07, 6.45) is -1.46. The zero-order valence-electron chi connectivity index (χ0n) is 15.0. The molecule has 30 heavy (non-hydrogen) atoms. The summed E-state index contributed by atoms with van der Waals surface area (Å²) < 4.78 is 44.7. The van der Waals surface area contributed by atoms with Crippen molar-refractivity contribution in [2.75, 3.05) is 5.32 Å². The van der Waals surface area contributed by atoms with Crippen LogP contribution in [0.3, 0.4) is 0 Å². The minimum Gasteiger partial charge on any atom is -0.456 e. The number of alkyl halides is 3. The molecule has 0 aliphatic rings. The zero-order valence-corrected chi connectivity index (χ0v) is 15.8. The van der Waals surface area contributed by atoms with Crippen molar-refractivity contribution in [3.63, 3.8) is 0 Å². The number of rotatable bonds is 4. The molecular formula is C20H12ClF3N4O2. The topological polar surface area (TPSA) is 79.9 Å². The van der Waals surface area contributed by atoms with Crippen molar-refractivity contribution in [3.8, 4) is 11.5 Å². The van der Waals surface area contributed by atoms with E-state index in [0.717, 1.165) is 12.1 Å². The maximum absolute atomic E-state index is 13.0. The van der Waals surface area contributed by atoms with E-state index < -0.39 is 22.7 Å². The van der Waals surface area contributed by atoms with E-state index in [1.54, 1.807) is 48.8 Å². The summed E-state index contributed by atoms with van der Waals surface area (Å²) >= 11 is 5.70. The Kier molecular flexibility index (Phi) is 5.04. The number of benzene rings is 2. The number of imidazole rings is 1. The second-order valence-corrected chi connectivity index (χ2v) is 6.61. The number of amides is 1. The van der Waals surface area contributed by atoms with Crippen LogP contribution in [0.1, 0.15) is 16.2 Å². The third kappa shape index (κ3) is 4.20. The first-order valence-corrected chi connectivity index (χ1v) is 8.93. The molecule has 1 amide bonds. The van der Waals surface area contributed by atoms with E-state index >= 15 is 0 Å². The van der Waals surface area contributed by atoms with E-state index in [2.05, 4.69) is 20.3 Å². The molecular weight excluding hydrogens is 421 g/mol. The van der Waals surface area contributed by atoms with Crippen molar-refractivity contribution >= 4 is 34.2 Å². The van der Waals surface area contributed by atoms with Crippen LogP contribution in [0.4, 0.5) is 18.9 Å². The van der Waals surface area contributed by atoms with Crippen LogP contribution in [0.2, 0.25) is 5.02 Å². The lowest BCUT2D eigenvalue weighted by molar-refractivity contribution is -0.137. The lowest BCUT2D eigenvalue weighted by atomic mass is 10.2. The lowest BCUT2D eigenvalue weighted by Crippen LogP contribution is -2.13. The van der Waals surface area contributed by atoms with Gasteiger partial charge in [0.15, 0.2) is 5.82 Å². The van der Waals surface area contributed by atoms with Gasteiger partial charge in [0.1, 0.15) is 11.5 Å². The number of H-pyrrole nitrogens is 1. The van der Waals surface area contributed by atoms with E-state index in [4.69, 9.17) is 16.3 Å². The Morgan fingerprint density at radius 1 is 1.10 bits per heavy atom. The summed E-state index contributed by atoms with van der Waals surface area (Å²) in [5.41, 5.74) is -0.402. The van der Waals surface area contributed by atoms with E-state index in [-0.39, 0.29) is 16.9 Å². The third-order valence-corrected chi connectivity index (χ3v) is 4.37. The number of aromatic amines is 1. The first-order chi connectivity index (χ1) is 14.3. The van der Waals surface area contributed by atoms with E-state index in [0.29, 0.717) is 17.2 Å². The fraction of sp³-hybridized carbons (Fsp3) is 0.0500. The first-order valence-electron chi connectivity index (χ1n) is 8.55. The zero-order chi connectivity index (χ0) is 21.3. The Balaban J connectivity index is 1.55. The van der Waals surface area contributed by atoms with Crippen LogP contribution >= 0.6 is 11.6 Å². The number of nitrogens with one attached hydrogen (secondary N) is 2. The van der Waals surface area contributed by atoms with Crippen molar-refractivity contribution in [2.24, 2.45) is 0 Å². The second kappa shape index (κ2) is 7.68. The lowest BCUT2D eigenvalue weighted by Gasteiger charge is -2.08. The van der Waals surface area contributed by atoms with E-state index in [1.807, 2.05) is 0 Å². The van der Waals surface area contributed by atoms with E-state index in [9.17, 15) is 18.0 Å². The smallest absolute Gasteiger partial charge is 0.417 e. The van der Waals surface area contributed by atoms with Gasteiger partial charge in [0.25, 0.3) is 5.91 Å². The Morgan fingerprint density at radius 2 is 1.90 bits per heavy atom. The first kappa shape index (κ1) is 19.7. The van der Waals surface area contributed by atoms with Gasteiger partial charge in [-0.05, 0) is 36.4 Å². The average Bonchev–Trinajstić information content (AvgIpc) is 3.11. The molecule has 6 nitrogen and oxygen atoms in total. The molecule has 0 saturated heterocycles. The van der Waals surface area contributed by atoms with Crippen molar-refractivity contribution in [1.82, 2.24) is 15.0 Å². The highest BCUT2D eigenvalue weighted by Crippen LogP contribution is 2.36. The quantitative estimate of drug-likeness (QED) is 0.435. The molecule has 0 saturated carbocycles. The molecule has 0 atom stereocenters. The normalized spacial score (nSPS) is 11.5. The molecule has 10 heteroatoms. The van der Waals surface area contributed by atoms with Crippen LogP contribution in [-0.2, 0) is 6.18 Å². The molecule has 0 aliphatic carbocycles. The number of fused-ring (bicyclic) bond motifs is 1. The van der Waals surface area contributed by atoms with Gasteiger partial charge in [0, 0.05) is 18.0 Å². The van der Waals surface area contributed by atoms with Gasteiger partial charge in [-0.2, -0.15) is 13.2 Å². The minimum atomic E-state index is -4.62. The molecule has 0 fully saturated rings. The predicted octanol–water partition coefficient (Wildman–Crippen LogP) is 5.67. The molecule has 2 aromatic heterocycles. The minimum absolute atomic E-state index is 0.0468. The highest BCUT2D eigenvalue weighted by atomic mass is 35.5. The van der Waals surface area contributed by atoms with Gasteiger partial charge in [-0.25, -0.2) is 4.98 Å². The summed E-state index contributed by atoms with van der Waals surface area (Å²) in [5.74, 6) is 0.205. The molecule has 4 aromatic rings. The fourth-order valence-electron chi connectivity index (χ4n) is 2.73. The van der Waals surface area contributed by atoms with E-state index in [1.165, 1.54) is 0 Å². The van der Waals surface area contributed by atoms with Crippen LogP contribution in [0.25, 0.3) is 11.0 Å². The van der Waals surface area contributed by atoms with Crippen molar-refractivity contribution in [1.29, 1.82) is 0 Å². The Morgan fingerprint density at radius 3 is 2.63 bits per heavy atom. The fourth-order valence-corrected chi connectivity index (χ4v) is 2.99. The monoisotopic (exact) mass is 432 g/mol. The number of pyridine rings is 1. The molecule has 2 N–H and O–H groups in total. The van der Waals surface area contributed by atoms with Crippen LogP contribution in [0, 0.1) is 0 Å². The van der Waals surface area contributed by atoms with Gasteiger partial charge in [-0.15, -0.1) is 0 Å². The van der Waals surface area contributed by atoms with Gasteiger partial charge in [-0.1, -0.05) is 17.7 Å². The van der Waals surface area contributed by atoms with Crippen LogP contribution in [-0.4, -0.2) is 20.9 Å². The molecule has 0 aliphatic heterocycles. The average molecular weight is 433 g/mol. The number of aromatic nitrogens is 3. The number of anilines is 1. The molecule has 4 rings (SSSR count). The summed E-state index contributed by atoms with van der Waals surface area (Å²) in [6.45, 7) is 0. The Bertz CT molecular complexity index is 1230. The molecule has 0 unspecified atom stereocenters. The van der Waals surface area contributed by atoms with Crippen molar-refractivity contribution in [2.45, 2.75) is 6.18 Å². The molecule has 2 aromatic carbocycles.